The van der Waals surface area contributed by atoms with Gasteiger partial charge in [-0.3, -0.25) is 18.6 Å². The Labute approximate surface area is 354 Å². The van der Waals surface area contributed by atoms with Crippen molar-refractivity contribution in [1.29, 1.82) is 0 Å². The van der Waals surface area contributed by atoms with Crippen molar-refractivity contribution in [3.63, 3.8) is 0 Å². The second kappa shape index (κ2) is 44.0. The van der Waals surface area contributed by atoms with E-state index in [1.165, 1.54) is 83.5 Å². The van der Waals surface area contributed by atoms with Crippen LogP contribution in [0, 0.1) is 0 Å². The van der Waals surface area contributed by atoms with Gasteiger partial charge < -0.3 is 20.1 Å². The SMILES string of the molecule is CC/C=C\C/C=C\C/C=C\C/C=C\C/C=C\C/C=C\CCCCC(=O)OC(COC(=O)CCCCCCCCCCCCCCCCCC)COP(=O)(O)OCCN. The lowest BCUT2D eigenvalue weighted by Crippen LogP contribution is -2.29. The fourth-order valence-corrected chi connectivity index (χ4v) is 6.76. The molecule has 9 nitrogen and oxygen atoms in total. The molecule has 0 spiro atoms. The van der Waals surface area contributed by atoms with Gasteiger partial charge in [0.15, 0.2) is 6.10 Å². The van der Waals surface area contributed by atoms with Gasteiger partial charge in [0, 0.05) is 19.4 Å². The predicted octanol–water partition coefficient (Wildman–Crippen LogP) is 13.4. The summed E-state index contributed by atoms with van der Waals surface area (Å²) in [6.07, 6.45) is 53.6. The summed E-state index contributed by atoms with van der Waals surface area (Å²) in [6, 6.07) is 0. The standard InChI is InChI=1S/C48H84NO8P/c1-3-5-7-9-11-13-15-17-19-21-22-23-24-25-27-29-31-33-35-37-39-41-48(51)57-46(45-56-58(52,53)55-43-42-49)44-54-47(50)40-38-36-34-32-30-28-26-20-18-16-14-12-10-8-6-4-2/h5,7,11,13,17,19,22-23,25,27,31,33,46H,3-4,6,8-10,12,14-16,18,20-21,24,26,28-30,32,34-45,49H2,1-2H3,(H,52,53)/b7-5-,13-11-,19-17-,23-22-,27-25-,33-31-. The van der Waals surface area contributed by atoms with Crippen molar-refractivity contribution < 1.29 is 37.6 Å². The molecule has 0 saturated carbocycles. The van der Waals surface area contributed by atoms with Crippen LogP contribution in [-0.4, -0.2) is 49.3 Å². The summed E-state index contributed by atoms with van der Waals surface area (Å²) in [6.45, 7) is 3.57. The third-order valence-electron chi connectivity index (χ3n) is 9.36. The summed E-state index contributed by atoms with van der Waals surface area (Å²) in [7, 11) is -4.39. The van der Waals surface area contributed by atoms with Crippen LogP contribution >= 0.6 is 7.82 Å². The molecule has 10 heteroatoms. The Morgan fingerprint density at radius 1 is 0.534 bits per heavy atom. The maximum absolute atomic E-state index is 12.6. The largest absolute Gasteiger partial charge is 0.472 e. The fourth-order valence-electron chi connectivity index (χ4n) is 5.99. The van der Waals surface area contributed by atoms with Crippen LogP contribution < -0.4 is 5.73 Å². The van der Waals surface area contributed by atoms with E-state index in [0.29, 0.717) is 6.42 Å². The smallest absolute Gasteiger partial charge is 0.462 e. The summed E-state index contributed by atoms with van der Waals surface area (Å²) >= 11 is 0. The van der Waals surface area contributed by atoms with Crippen LogP contribution in [0.5, 0.6) is 0 Å². The molecule has 0 saturated heterocycles. The van der Waals surface area contributed by atoms with Gasteiger partial charge in [0.05, 0.1) is 13.2 Å². The summed E-state index contributed by atoms with van der Waals surface area (Å²) in [5.41, 5.74) is 5.35. The molecule has 0 aliphatic rings. The van der Waals surface area contributed by atoms with Crippen LogP contribution in [0.2, 0.25) is 0 Å². The van der Waals surface area contributed by atoms with Gasteiger partial charge in [0.1, 0.15) is 6.61 Å². The van der Waals surface area contributed by atoms with Crippen molar-refractivity contribution in [2.75, 3.05) is 26.4 Å². The summed E-state index contributed by atoms with van der Waals surface area (Å²) in [5.74, 6) is -0.879. The highest BCUT2D eigenvalue weighted by Crippen LogP contribution is 2.43. The van der Waals surface area contributed by atoms with Crippen molar-refractivity contribution in [3.8, 4) is 0 Å². The number of ether oxygens (including phenoxy) is 2. The van der Waals surface area contributed by atoms with Crippen LogP contribution in [0.4, 0.5) is 0 Å². The van der Waals surface area contributed by atoms with Crippen molar-refractivity contribution >= 4 is 19.8 Å². The molecule has 2 unspecified atom stereocenters. The number of phosphoric acid groups is 1. The minimum atomic E-state index is -4.39. The van der Waals surface area contributed by atoms with Gasteiger partial charge in [0.25, 0.3) is 0 Å². The summed E-state index contributed by atoms with van der Waals surface area (Å²) < 4.78 is 32.8. The van der Waals surface area contributed by atoms with Gasteiger partial charge in [-0.2, -0.15) is 0 Å². The van der Waals surface area contributed by atoms with E-state index in [-0.39, 0.29) is 32.6 Å². The van der Waals surface area contributed by atoms with E-state index < -0.39 is 32.5 Å². The second-order valence-corrected chi connectivity index (χ2v) is 16.3. The Hall–Kier alpha value is -2.55. The Morgan fingerprint density at radius 3 is 1.41 bits per heavy atom. The average molecular weight is 834 g/mol. The molecular weight excluding hydrogens is 750 g/mol. The van der Waals surface area contributed by atoms with Crippen LogP contribution in [-0.2, 0) is 32.7 Å². The van der Waals surface area contributed by atoms with E-state index >= 15 is 0 Å². The Kier molecular flexibility index (Phi) is 42.1. The van der Waals surface area contributed by atoms with E-state index in [0.717, 1.165) is 70.6 Å². The first kappa shape index (κ1) is 55.5. The first-order valence-corrected chi connectivity index (χ1v) is 24.4. The molecule has 58 heavy (non-hydrogen) atoms. The maximum atomic E-state index is 12.6. The highest BCUT2D eigenvalue weighted by atomic mass is 31.2. The van der Waals surface area contributed by atoms with E-state index in [4.69, 9.17) is 24.3 Å². The number of esters is 2. The third kappa shape index (κ3) is 43.0. The minimum Gasteiger partial charge on any atom is -0.462 e. The molecule has 334 valence electrons. The number of hydrogen-bond acceptors (Lipinski definition) is 8. The maximum Gasteiger partial charge on any atom is 0.472 e. The average Bonchev–Trinajstić information content (AvgIpc) is 3.21. The van der Waals surface area contributed by atoms with Crippen molar-refractivity contribution in [2.24, 2.45) is 5.73 Å². The highest BCUT2D eigenvalue weighted by Gasteiger charge is 2.26. The zero-order valence-electron chi connectivity index (χ0n) is 36.8. The molecular formula is C48H84NO8P. The van der Waals surface area contributed by atoms with Gasteiger partial charge >= 0.3 is 19.8 Å². The molecule has 0 fully saturated rings. The number of unbranched alkanes of at least 4 members (excludes halogenated alkanes) is 17. The van der Waals surface area contributed by atoms with Crippen molar-refractivity contribution in [1.82, 2.24) is 0 Å². The van der Waals surface area contributed by atoms with E-state index in [9.17, 15) is 19.0 Å². The first-order chi connectivity index (χ1) is 28.3. The molecule has 2 atom stereocenters. The molecule has 0 bridgehead atoms. The fraction of sp³-hybridized carbons (Fsp3) is 0.708. The van der Waals surface area contributed by atoms with Crippen LogP contribution in [0.3, 0.4) is 0 Å². The molecule has 0 aliphatic carbocycles. The highest BCUT2D eigenvalue weighted by molar-refractivity contribution is 7.47. The summed E-state index contributed by atoms with van der Waals surface area (Å²) in [5, 5.41) is 0. The number of phosphoric ester groups is 1. The molecule has 0 aromatic rings. The van der Waals surface area contributed by atoms with Crippen molar-refractivity contribution in [3.05, 3.63) is 72.9 Å². The number of hydrogen-bond donors (Lipinski definition) is 2. The van der Waals surface area contributed by atoms with Gasteiger partial charge in [-0.1, -0.05) is 183 Å². The van der Waals surface area contributed by atoms with Crippen LogP contribution in [0.1, 0.15) is 187 Å². The number of rotatable bonds is 42. The number of allylic oxidation sites excluding steroid dienone is 12. The Bertz CT molecular complexity index is 1180. The molecule has 0 radical (unpaired) electrons. The zero-order valence-corrected chi connectivity index (χ0v) is 37.6. The Balaban J connectivity index is 4.22. The van der Waals surface area contributed by atoms with E-state index in [1.54, 1.807) is 0 Å². The third-order valence-corrected chi connectivity index (χ3v) is 10.3. The van der Waals surface area contributed by atoms with Crippen LogP contribution in [0.25, 0.3) is 0 Å². The number of carbonyl (C=O) groups is 2. The lowest BCUT2D eigenvalue weighted by atomic mass is 10.0. The van der Waals surface area contributed by atoms with Crippen molar-refractivity contribution in [2.45, 2.75) is 193 Å². The summed E-state index contributed by atoms with van der Waals surface area (Å²) in [4.78, 5) is 34.9. The number of nitrogens with two attached hydrogens (primary N) is 1. The topological polar surface area (TPSA) is 134 Å². The van der Waals surface area contributed by atoms with Gasteiger partial charge in [-0.15, -0.1) is 0 Å². The minimum absolute atomic E-state index is 0.0435. The van der Waals surface area contributed by atoms with Gasteiger partial charge in [0.2, 0.25) is 0 Å². The lowest BCUT2D eigenvalue weighted by molar-refractivity contribution is -0.161. The van der Waals surface area contributed by atoms with Crippen LogP contribution in [0.15, 0.2) is 72.9 Å². The monoisotopic (exact) mass is 834 g/mol. The van der Waals surface area contributed by atoms with Gasteiger partial charge in [-0.05, 0) is 64.2 Å². The molecule has 0 aromatic heterocycles. The predicted molar refractivity (Wildman–Crippen MR) is 242 cm³/mol. The second-order valence-electron chi connectivity index (χ2n) is 14.9. The molecule has 0 rings (SSSR count). The number of carbonyl (C=O) groups excluding carboxylic acids is 2. The molecule has 3 N–H and O–H groups in total. The molecule has 0 heterocycles. The normalized spacial score (nSPS) is 13.9. The zero-order chi connectivity index (χ0) is 42.5. The quantitative estimate of drug-likeness (QED) is 0.0267. The molecule has 0 aliphatic heterocycles. The molecule has 0 amide bonds. The van der Waals surface area contributed by atoms with E-state index in [2.05, 4.69) is 86.8 Å². The molecule has 0 aromatic carbocycles. The Morgan fingerprint density at radius 2 is 0.948 bits per heavy atom. The van der Waals surface area contributed by atoms with Gasteiger partial charge in [-0.25, -0.2) is 4.57 Å². The lowest BCUT2D eigenvalue weighted by Gasteiger charge is -2.19. The van der Waals surface area contributed by atoms with E-state index in [1.807, 2.05) is 0 Å². The first-order valence-electron chi connectivity index (χ1n) is 22.9.